The Labute approximate surface area is 162 Å². The van der Waals surface area contributed by atoms with Crippen molar-refractivity contribution in [2.75, 3.05) is 46.4 Å². The van der Waals surface area contributed by atoms with Crippen molar-refractivity contribution in [3.8, 4) is 0 Å². The van der Waals surface area contributed by atoms with Crippen LogP contribution < -0.4 is 10.6 Å². The highest BCUT2D eigenvalue weighted by molar-refractivity contribution is 5.79. The smallest absolute Gasteiger partial charge is 0.191 e. The zero-order valence-corrected chi connectivity index (χ0v) is 16.9. The molecule has 152 valence electrons. The maximum absolute atomic E-state index is 5.58. The molecule has 0 unspecified atom stereocenters. The van der Waals surface area contributed by atoms with Crippen molar-refractivity contribution >= 4 is 5.96 Å². The highest BCUT2D eigenvalue weighted by Crippen LogP contribution is 2.33. The van der Waals surface area contributed by atoms with Crippen molar-refractivity contribution in [2.24, 2.45) is 4.99 Å². The molecule has 0 bridgehead atoms. The van der Waals surface area contributed by atoms with Crippen LogP contribution >= 0.6 is 0 Å². The van der Waals surface area contributed by atoms with Gasteiger partial charge in [-0.05, 0) is 12.8 Å². The van der Waals surface area contributed by atoms with Gasteiger partial charge in [0.25, 0.3) is 0 Å². The van der Waals surface area contributed by atoms with Crippen LogP contribution in [0.3, 0.4) is 0 Å². The lowest BCUT2D eigenvalue weighted by atomic mass is 9.80. The number of hydrogen-bond acceptors (Lipinski definition) is 5. The van der Waals surface area contributed by atoms with Gasteiger partial charge >= 0.3 is 0 Å². The molecule has 0 atom stereocenters. The van der Waals surface area contributed by atoms with E-state index >= 15 is 0 Å². The van der Waals surface area contributed by atoms with Crippen LogP contribution in [0.5, 0.6) is 0 Å². The largest absolute Gasteiger partial charge is 0.379 e. The molecule has 8 heteroatoms. The summed E-state index contributed by atoms with van der Waals surface area (Å²) in [6.07, 6.45) is 9.21. The molecular weight excluding hydrogens is 342 g/mol. The highest BCUT2D eigenvalue weighted by atomic mass is 16.5. The lowest BCUT2D eigenvalue weighted by molar-refractivity contribution is -0.0352. The minimum absolute atomic E-state index is 0.239. The minimum atomic E-state index is 0.239. The monoisotopic (exact) mass is 377 g/mol. The second-order valence-electron chi connectivity index (χ2n) is 7.53. The molecule has 0 spiro atoms. The lowest BCUT2D eigenvalue weighted by Gasteiger charge is -2.48. The standard InChI is InChI=1S/C19H35N7O/c1-3-17-24-23-16-25(17)10-9-21-18(20-2)22-15-19(7-5-4-6-8-19)26-11-13-27-14-12-26/h16H,3-15H2,1-2H3,(H2,20,21,22). The van der Waals surface area contributed by atoms with Crippen LogP contribution in [0.25, 0.3) is 0 Å². The Balaban J connectivity index is 1.51. The van der Waals surface area contributed by atoms with Crippen LogP contribution in [0.2, 0.25) is 0 Å². The number of rotatable bonds is 7. The van der Waals surface area contributed by atoms with Gasteiger partial charge in [-0.25, -0.2) is 0 Å². The highest BCUT2D eigenvalue weighted by Gasteiger charge is 2.38. The van der Waals surface area contributed by atoms with Gasteiger partial charge in [0, 0.05) is 51.7 Å². The van der Waals surface area contributed by atoms with E-state index in [-0.39, 0.29) is 5.54 Å². The van der Waals surface area contributed by atoms with Crippen LogP contribution in [0, 0.1) is 0 Å². The summed E-state index contributed by atoms with van der Waals surface area (Å²) in [6.45, 7) is 8.48. The SMILES string of the molecule is CCc1nncn1CCNC(=NC)NCC1(N2CCOCC2)CCCCC1. The van der Waals surface area contributed by atoms with Gasteiger partial charge in [-0.2, -0.15) is 0 Å². The van der Waals surface area contributed by atoms with Crippen molar-refractivity contribution in [3.05, 3.63) is 12.2 Å². The summed E-state index contributed by atoms with van der Waals surface area (Å²) in [4.78, 5) is 7.07. The topological polar surface area (TPSA) is 79.6 Å². The molecule has 2 heterocycles. The van der Waals surface area contributed by atoms with Crippen molar-refractivity contribution in [1.29, 1.82) is 0 Å². The number of guanidine groups is 1. The summed E-state index contributed by atoms with van der Waals surface area (Å²) in [5.74, 6) is 1.90. The molecule has 2 N–H and O–H groups in total. The van der Waals surface area contributed by atoms with E-state index in [1.54, 1.807) is 6.33 Å². The van der Waals surface area contributed by atoms with Gasteiger partial charge in [0.1, 0.15) is 12.2 Å². The van der Waals surface area contributed by atoms with Crippen molar-refractivity contribution in [2.45, 2.75) is 57.5 Å². The molecule has 2 aliphatic rings. The third kappa shape index (κ3) is 5.19. The predicted octanol–water partition coefficient (Wildman–Crippen LogP) is 1.04. The van der Waals surface area contributed by atoms with Crippen molar-refractivity contribution in [3.63, 3.8) is 0 Å². The van der Waals surface area contributed by atoms with Crippen molar-refractivity contribution < 1.29 is 4.74 Å². The Bertz CT molecular complexity index is 589. The number of aryl methyl sites for hydroxylation is 1. The van der Waals surface area contributed by atoms with Crippen molar-refractivity contribution in [1.82, 2.24) is 30.3 Å². The van der Waals surface area contributed by atoms with Crippen LogP contribution in [0.1, 0.15) is 44.9 Å². The van der Waals surface area contributed by atoms with Crippen LogP contribution in [0.15, 0.2) is 11.3 Å². The van der Waals surface area contributed by atoms with E-state index in [1.165, 1.54) is 32.1 Å². The molecule has 0 aromatic carbocycles. The van der Waals surface area contributed by atoms with E-state index in [4.69, 9.17) is 4.74 Å². The van der Waals surface area contributed by atoms with Gasteiger partial charge in [-0.1, -0.05) is 26.2 Å². The maximum Gasteiger partial charge on any atom is 0.191 e. The molecule has 0 amide bonds. The average molecular weight is 378 g/mol. The number of hydrogen-bond donors (Lipinski definition) is 2. The van der Waals surface area contributed by atoms with E-state index in [0.717, 1.165) is 64.1 Å². The van der Waals surface area contributed by atoms with Crippen LogP contribution in [-0.2, 0) is 17.7 Å². The number of aliphatic imine (C=N–C) groups is 1. The second-order valence-corrected chi connectivity index (χ2v) is 7.53. The Morgan fingerprint density at radius 2 is 2.00 bits per heavy atom. The summed E-state index contributed by atoms with van der Waals surface area (Å²) in [5, 5.41) is 15.2. The Morgan fingerprint density at radius 1 is 1.22 bits per heavy atom. The number of nitrogens with zero attached hydrogens (tertiary/aromatic N) is 5. The predicted molar refractivity (Wildman–Crippen MR) is 107 cm³/mol. The summed E-state index contributed by atoms with van der Waals surface area (Å²) < 4.78 is 7.67. The Morgan fingerprint density at radius 3 is 2.70 bits per heavy atom. The number of nitrogens with one attached hydrogen (secondary N) is 2. The first-order valence-electron chi connectivity index (χ1n) is 10.4. The molecule has 0 radical (unpaired) electrons. The van der Waals surface area contributed by atoms with E-state index in [2.05, 4.69) is 42.2 Å². The molecule has 1 aliphatic carbocycles. The Kier molecular flexibility index (Phi) is 7.46. The van der Waals surface area contributed by atoms with Gasteiger partial charge in [0.15, 0.2) is 5.96 Å². The first-order valence-corrected chi connectivity index (χ1v) is 10.4. The zero-order chi connectivity index (χ0) is 19.0. The third-order valence-corrected chi connectivity index (χ3v) is 5.93. The molecule has 27 heavy (non-hydrogen) atoms. The van der Waals surface area contributed by atoms with Crippen LogP contribution in [-0.4, -0.2) is 77.6 Å². The molecule has 1 saturated heterocycles. The van der Waals surface area contributed by atoms with Gasteiger partial charge in [-0.3, -0.25) is 9.89 Å². The molecule has 1 aromatic heterocycles. The van der Waals surface area contributed by atoms with Gasteiger partial charge in [0.2, 0.25) is 0 Å². The number of aromatic nitrogens is 3. The average Bonchev–Trinajstić information content (AvgIpc) is 3.19. The molecule has 3 rings (SSSR count). The number of ether oxygens (including phenoxy) is 1. The lowest BCUT2D eigenvalue weighted by Crippen LogP contribution is -2.60. The van der Waals surface area contributed by atoms with E-state index in [9.17, 15) is 0 Å². The molecule has 1 aromatic rings. The van der Waals surface area contributed by atoms with Crippen LogP contribution in [0.4, 0.5) is 0 Å². The fourth-order valence-corrected chi connectivity index (χ4v) is 4.36. The van der Waals surface area contributed by atoms with E-state index in [0.29, 0.717) is 0 Å². The normalized spacial score (nSPS) is 21.2. The fraction of sp³-hybridized carbons (Fsp3) is 0.842. The minimum Gasteiger partial charge on any atom is -0.379 e. The van der Waals surface area contributed by atoms with Gasteiger partial charge in [-0.15, -0.1) is 10.2 Å². The summed E-state index contributed by atoms with van der Waals surface area (Å²) >= 11 is 0. The summed E-state index contributed by atoms with van der Waals surface area (Å²) in [6, 6.07) is 0. The Hall–Kier alpha value is -1.67. The molecule has 1 aliphatic heterocycles. The van der Waals surface area contributed by atoms with Gasteiger partial charge in [0.05, 0.1) is 13.2 Å². The molecule has 8 nitrogen and oxygen atoms in total. The fourth-order valence-electron chi connectivity index (χ4n) is 4.36. The molecular formula is C19H35N7O. The van der Waals surface area contributed by atoms with Gasteiger partial charge < -0.3 is 19.9 Å². The first-order chi connectivity index (χ1) is 13.3. The summed E-state index contributed by atoms with van der Waals surface area (Å²) in [7, 11) is 1.84. The van der Waals surface area contributed by atoms with E-state index < -0.39 is 0 Å². The first kappa shape index (κ1) is 20.1. The molecule has 1 saturated carbocycles. The maximum atomic E-state index is 5.58. The van der Waals surface area contributed by atoms with E-state index in [1.807, 2.05) is 7.05 Å². The summed E-state index contributed by atoms with van der Waals surface area (Å²) in [5.41, 5.74) is 0.239. The second kappa shape index (κ2) is 10.0. The zero-order valence-electron chi connectivity index (χ0n) is 16.9. The quantitative estimate of drug-likeness (QED) is 0.546. The molecule has 2 fully saturated rings. The third-order valence-electron chi connectivity index (χ3n) is 5.93. The number of morpholine rings is 1.